The van der Waals surface area contributed by atoms with Crippen LogP contribution in [0.2, 0.25) is 0 Å². The Bertz CT molecular complexity index is 1100. The molecule has 0 spiro atoms. The molecule has 0 unspecified atom stereocenters. The lowest BCUT2D eigenvalue weighted by Gasteiger charge is -2.28. The number of halogens is 1. The average Bonchev–Trinajstić information content (AvgIpc) is 3.40. The van der Waals surface area contributed by atoms with Crippen LogP contribution in [0.4, 0.5) is 4.39 Å². The number of nitrogens with zero attached hydrogens (tertiary/aromatic N) is 2. The number of hydrogen-bond donors (Lipinski definition) is 1. The molecule has 1 atom stereocenters. The van der Waals surface area contributed by atoms with Gasteiger partial charge < -0.3 is 14.8 Å². The largest absolute Gasteiger partial charge is 0.497 e. The van der Waals surface area contributed by atoms with Gasteiger partial charge in [0, 0.05) is 25.2 Å². The monoisotopic (exact) mass is 491 g/mol. The predicted molar refractivity (Wildman–Crippen MR) is 125 cm³/mol. The summed E-state index contributed by atoms with van der Waals surface area (Å²) in [6.07, 6.45) is 2.20. The zero-order valence-electron chi connectivity index (χ0n) is 19.2. The van der Waals surface area contributed by atoms with E-state index in [0.717, 1.165) is 49.4 Å². The summed E-state index contributed by atoms with van der Waals surface area (Å²) in [5, 5.41) is 2.92. The number of sulfonamides is 1. The van der Waals surface area contributed by atoms with Gasteiger partial charge in [-0.25, -0.2) is 12.8 Å². The van der Waals surface area contributed by atoms with Gasteiger partial charge in [0.05, 0.1) is 26.4 Å². The first-order chi connectivity index (χ1) is 16.4. The summed E-state index contributed by atoms with van der Waals surface area (Å²) in [4.78, 5) is 14.8. The van der Waals surface area contributed by atoms with Crippen molar-refractivity contribution in [1.82, 2.24) is 14.5 Å². The first-order valence-corrected chi connectivity index (χ1v) is 12.9. The van der Waals surface area contributed by atoms with E-state index in [-0.39, 0.29) is 37.9 Å². The Morgan fingerprint density at radius 2 is 1.76 bits per heavy atom. The number of morpholine rings is 1. The molecule has 2 aliphatic heterocycles. The summed E-state index contributed by atoms with van der Waals surface area (Å²) >= 11 is 0. The summed E-state index contributed by atoms with van der Waals surface area (Å²) in [5.74, 6) is -0.569. The fourth-order valence-electron chi connectivity index (χ4n) is 4.40. The summed E-state index contributed by atoms with van der Waals surface area (Å²) in [6.45, 7) is 3.02. The van der Waals surface area contributed by atoms with Gasteiger partial charge >= 0.3 is 0 Å². The summed E-state index contributed by atoms with van der Waals surface area (Å²) in [6, 6.07) is 11.2. The van der Waals surface area contributed by atoms with Crippen LogP contribution in [0.1, 0.15) is 34.8 Å². The molecule has 2 fully saturated rings. The molecule has 1 N–H and O–H groups in total. The Hall–Kier alpha value is -2.53. The molecule has 0 radical (unpaired) electrons. The van der Waals surface area contributed by atoms with Gasteiger partial charge in [0.25, 0.3) is 5.91 Å². The van der Waals surface area contributed by atoms with E-state index in [1.165, 1.54) is 10.4 Å². The molecule has 1 amide bonds. The van der Waals surface area contributed by atoms with Crippen molar-refractivity contribution < 1.29 is 27.1 Å². The zero-order chi connectivity index (χ0) is 24.1. The van der Waals surface area contributed by atoms with Crippen LogP contribution >= 0.6 is 0 Å². The fraction of sp³-hybridized carbons (Fsp3) is 0.458. The van der Waals surface area contributed by atoms with Gasteiger partial charge in [0.2, 0.25) is 10.0 Å². The molecular formula is C24H30FN3O5S. The number of methoxy groups -OCH3 is 1. The number of likely N-dealkylation sites (tertiary alicyclic amines) is 1. The molecule has 0 bridgehead atoms. The van der Waals surface area contributed by atoms with Crippen LogP contribution in [0.3, 0.4) is 0 Å². The number of rotatable bonds is 8. The normalized spacial score (nSPS) is 18.5. The molecule has 0 saturated carbocycles. The van der Waals surface area contributed by atoms with Gasteiger partial charge in [-0.15, -0.1) is 0 Å². The quantitative estimate of drug-likeness (QED) is 0.610. The fourth-order valence-corrected chi connectivity index (χ4v) is 5.90. The van der Waals surface area contributed by atoms with E-state index in [0.29, 0.717) is 6.54 Å². The van der Waals surface area contributed by atoms with E-state index < -0.39 is 26.6 Å². The average molecular weight is 492 g/mol. The maximum absolute atomic E-state index is 14.5. The molecule has 0 aromatic heterocycles. The molecule has 2 aliphatic rings. The van der Waals surface area contributed by atoms with Crippen LogP contribution < -0.4 is 10.1 Å². The maximum Gasteiger partial charge on any atom is 0.251 e. The number of amides is 1. The Morgan fingerprint density at radius 3 is 2.41 bits per heavy atom. The molecule has 10 heteroatoms. The third-order valence-corrected chi connectivity index (χ3v) is 8.23. The molecule has 0 aliphatic carbocycles. The topological polar surface area (TPSA) is 88.2 Å². The first-order valence-electron chi connectivity index (χ1n) is 11.4. The van der Waals surface area contributed by atoms with Gasteiger partial charge in [-0.1, -0.05) is 12.1 Å². The Labute approximate surface area is 199 Å². The van der Waals surface area contributed by atoms with Crippen molar-refractivity contribution in [3.63, 3.8) is 0 Å². The second-order valence-corrected chi connectivity index (χ2v) is 10.3. The van der Waals surface area contributed by atoms with Crippen molar-refractivity contribution in [3.05, 3.63) is 59.4 Å². The number of hydrogen-bond acceptors (Lipinski definition) is 6. The summed E-state index contributed by atoms with van der Waals surface area (Å²) in [5.41, 5.74) is 1.15. The van der Waals surface area contributed by atoms with Gasteiger partial charge in [-0.2, -0.15) is 4.31 Å². The molecular weight excluding hydrogens is 461 g/mol. The Morgan fingerprint density at radius 1 is 1.09 bits per heavy atom. The van der Waals surface area contributed by atoms with Crippen molar-refractivity contribution in [2.24, 2.45) is 0 Å². The molecule has 34 heavy (non-hydrogen) atoms. The van der Waals surface area contributed by atoms with Crippen molar-refractivity contribution >= 4 is 15.9 Å². The van der Waals surface area contributed by atoms with E-state index in [9.17, 15) is 17.6 Å². The van der Waals surface area contributed by atoms with Crippen LogP contribution in [-0.4, -0.2) is 76.6 Å². The van der Waals surface area contributed by atoms with E-state index in [2.05, 4.69) is 10.2 Å². The van der Waals surface area contributed by atoms with E-state index in [4.69, 9.17) is 9.47 Å². The summed E-state index contributed by atoms with van der Waals surface area (Å²) in [7, 11) is -2.45. The summed E-state index contributed by atoms with van der Waals surface area (Å²) < 4.78 is 52.0. The van der Waals surface area contributed by atoms with Gasteiger partial charge in [0.15, 0.2) is 0 Å². The molecule has 184 valence electrons. The number of carbonyl (C=O) groups excluding carboxylic acids is 1. The van der Waals surface area contributed by atoms with Crippen LogP contribution in [-0.2, 0) is 14.8 Å². The van der Waals surface area contributed by atoms with Crippen LogP contribution in [0.5, 0.6) is 5.75 Å². The third-order valence-electron chi connectivity index (χ3n) is 6.32. The second kappa shape index (κ2) is 10.8. The van der Waals surface area contributed by atoms with Crippen LogP contribution in [0.25, 0.3) is 0 Å². The van der Waals surface area contributed by atoms with E-state index in [1.807, 2.05) is 24.3 Å². The van der Waals surface area contributed by atoms with Crippen molar-refractivity contribution in [2.45, 2.75) is 23.8 Å². The minimum Gasteiger partial charge on any atom is -0.497 e. The predicted octanol–water partition coefficient (Wildman–Crippen LogP) is 2.42. The molecule has 2 aromatic rings. The molecule has 4 rings (SSSR count). The highest BCUT2D eigenvalue weighted by Crippen LogP contribution is 2.27. The number of benzene rings is 2. The maximum atomic E-state index is 14.5. The zero-order valence-corrected chi connectivity index (χ0v) is 20.0. The highest BCUT2D eigenvalue weighted by molar-refractivity contribution is 7.89. The third kappa shape index (κ3) is 5.41. The highest BCUT2D eigenvalue weighted by Gasteiger charge is 2.30. The molecule has 2 heterocycles. The lowest BCUT2D eigenvalue weighted by Crippen LogP contribution is -2.41. The minimum atomic E-state index is -4.06. The molecule has 2 saturated heterocycles. The van der Waals surface area contributed by atoms with Crippen LogP contribution in [0, 0.1) is 5.82 Å². The van der Waals surface area contributed by atoms with Crippen molar-refractivity contribution in [3.8, 4) is 5.75 Å². The molecule has 8 nitrogen and oxygen atoms in total. The highest BCUT2D eigenvalue weighted by atomic mass is 32.2. The first kappa shape index (κ1) is 24.6. The Kier molecular flexibility index (Phi) is 7.82. The number of ether oxygens (including phenoxy) is 2. The van der Waals surface area contributed by atoms with Crippen LogP contribution in [0.15, 0.2) is 47.4 Å². The van der Waals surface area contributed by atoms with Gasteiger partial charge in [-0.3, -0.25) is 9.69 Å². The number of nitrogens with one attached hydrogen (secondary N) is 1. The minimum absolute atomic E-state index is 0.0330. The Balaban J connectivity index is 1.51. The SMILES string of the molecule is COc1ccc([C@@H](CNC(=O)c2ccc(F)c(S(=O)(=O)N3CCOCC3)c2)N2CCCC2)cc1. The van der Waals surface area contributed by atoms with Crippen molar-refractivity contribution in [2.75, 3.05) is 53.0 Å². The van der Waals surface area contributed by atoms with Gasteiger partial charge in [-0.05, 0) is 61.8 Å². The van der Waals surface area contributed by atoms with E-state index >= 15 is 0 Å². The number of carbonyl (C=O) groups is 1. The second-order valence-electron chi connectivity index (χ2n) is 8.40. The van der Waals surface area contributed by atoms with E-state index in [1.54, 1.807) is 7.11 Å². The standard InChI is InChI=1S/C24H30FN3O5S/c1-32-20-7-4-18(5-8-20)22(27-10-2-3-11-27)17-26-24(29)19-6-9-21(25)23(16-19)34(30,31)28-12-14-33-15-13-28/h4-9,16,22H,2-3,10-15,17H2,1H3,(H,26,29)/t22-/m1/s1. The van der Waals surface area contributed by atoms with Gasteiger partial charge in [0.1, 0.15) is 16.5 Å². The lowest BCUT2D eigenvalue weighted by molar-refractivity contribution is 0.0729. The smallest absolute Gasteiger partial charge is 0.251 e. The lowest BCUT2D eigenvalue weighted by atomic mass is 10.0. The molecule has 2 aromatic carbocycles. The van der Waals surface area contributed by atoms with Crippen molar-refractivity contribution in [1.29, 1.82) is 0 Å².